The molecule has 1 nitrogen and oxygen atoms in total. The van der Waals surface area contributed by atoms with E-state index in [1.54, 1.807) is 0 Å². The molecule has 0 fully saturated rings. The minimum Gasteiger partial charge on any atom is -0.254 e. The third-order valence-electron chi connectivity index (χ3n) is 2.96. The number of rotatable bonds is 3. The number of hydrogen-bond acceptors (Lipinski definition) is 1. The lowest BCUT2D eigenvalue weighted by Crippen LogP contribution is -2.19. The van der Waals surface area contributed by atoms with Crippen molar-refractivity contribution < 1.29 is 26.2 Å². The predicted octanol–water partition coefficient (Wildman–Crippen LogP) is 4.61. The zero-order chi connectivity index (χ0) is 16.5. The molecule has 0 aromatic heterocycles. The van der Waals surface area contributed by atoms with Gasteiger partial charge in [-0.1, -0.05) is 12.1 Å². The first kappa shape index (κ1) is 16.6. The van der Waals surface area contributed by atoms with Crippen molar-refractivity contribution in [3.8, 4) is 11.1 Å². The molecule has 22 heavy (non-hydrogen) atoms. The summed E-state index contributed by atoms with van der Waals surface area (Å²) in [6.45, 7) is 1.39. The van der Waals surface area contributed by atoms with Crippen molar-refractivity contribution in [1.29, 1.82) is 0 Å². The van der Waals surface area contributed by atoms with Crippen LogP contribution in [0.15, 0.2) is 41.3 Å². The molecule has 2 rings (SSSR count). The predicted molar refractivity (Wildman–Crippen MR) is 73.9 cm³/mol. The standard InChI is InChI=1S/C15H11F5OS/c1-9-6-13(17)12(10-2-4-11(16)5-3-10)7-14(9)22(21)8-15(18,19)20/h2-7H,8H2,1H3. The van der Waals surface area contributed by atoms with Crippen LogP contribution in [-0.2, 0) is 10.8 Å². The van der Waals surface area contributed by atoms with Gasteiger partial charge in [-0.05, 0) is 42.3 Å². The molecule has 0 saturated carbocycles. The van der Waals surface area contributed by atoms with Crippen LogP contribution in [0.3, 0.4) is 0 Å². The van der Waals surface area contributed by atoms with Crippen LogP contribution < -0.4 is 0 Å². The zero-order valence-corrected chi connectivity index (χ0v) is 12.2. The molecule has 1 unspecified atom stereocenters. The Hall–Kier alpha value is -1.76. The molecule has 0 N–H and O–H groups in total. The monoisotopic (exact) mass is 334 g/mol. The van der Waals surface area contributed by atoms with Crippen LogP contribution in [0.2, 0.25) is 0 Å². The Morgan fingerprint density at radius 1 is 1.05 bits per heavy atom. The fourth-order valence-corrected chi connectivity index (χ4v) is 3.10. The molecule has 0 aliphatic heterocycles. The van der Waals surface area contributed by atoms with E-state index in [2.05, 4.69) is 0 Å². The lowest BCUT2D eigenvalue weighted by Gasteiger charge is -2.12. The molecule has 0 radical (unpaired) electrons. The summed E-state index contributed by atoms with van der Waals surface area (Å²) < 4.78 is 75.8. The van der Waals surface area contributed by atoms with E-state index in [4.69, 9.17) is 0 Å². The molecule has 0 bridgehead atoms. The van der Waals surface area contributed by atoms with Crippen LogP contribution >= 0.6 is 0 Å². The first-order valence-corrected chi connectivity index (χ1v) is 7.50. The zero-order valence-electron chi connectivity index (χ0n) is 11.4. The summed E-state index contributed by atoms with van der Waals surface area (Å²) >= 11 is 0. The first-order chi connectivity index (χ1) is 10.2. The van der Waals surface area contributed by atoms with Crippen LogP contribution in [0.5, 0.6) is 0 Å². The van der Waals surface area contributed by atoms with E-state index in [9.17, 15) is 26.2 Å². The van der Waals surface area contributed by atoms with Crippen molar-refractivity contribution >= 4 is 10.8 Å². The Bertz CT molecular complexity index is 707. The van der Waals surface area contributed by atoms with E-state index < -0.39 is 34.4 Å². The molecule has 2 aromatic rings. The van der Waals surface area contributed by atoms with Crippen LogP contribution in [0.4, 0.5) is 22.0 Å². The minimum atomic E-state index is -4.58. The van der Waals surface area contributed by atoms with Crippen molar-refractivity contribution in [2.75, 3.05) is 5.75 Å². The van der Waals surface area contributed by atoms with E-state index in [1.165, 1.54) is 19.1 Å². The fraction of sp³-hybridized carbons (Fsp3) is 0.200. The molecule has 0 aliphatic rings. The highest BCUT2D eigenvalue weighted by Gasteiger charge is 2.31. The molecule has 2 aromatic carbocycles. The number of aryl methyl sites for hydroxylation is 1. The van der Waals surface area contributed by atoms with Crippen molar-refractivity contribution in [3.63, 3.8) is 0 Å². The fourth-order valence-electron chi connectivity index (χ4n) is 1.98. The van der Waals surface area contributed by atoms with Crippen molar-refractivity contribution in [2.24, 2.45) is 0 Å². The van der Waals surface area contributed by atoms with E-state index in [0.717, 1.165) is 24.3 Å². The molecule has 0 aliphatic carbocycles. The average Bonchev–Trinajstić information content (AvgIpc) is 2.38. The largest absolute Gasteiger partial charge is 0.400 e. The maximum absolute atomic E-state index is 14.0. The van der Waals surface area contributed by atoms with Gasteiger partial charge in [0.15, 0.2) is 0 Å². The van der Waals surface area contributed by atoms with Gasteiger partial charge in [-0.3, -0.25) is 4.21 Å². The van der Waals surface area contributed by atoms with Crippen LogP contribution in [0.25, 0.3) is 11.1 Å². The summed E-state index contributed by atoms with van der Waals surface area (Å²) in [5.41, 5.74) is 0.450. The highest BCUT2D eigenvalue weighted by Crippen LogP contribution is 2.29. The van der Waals surface area contributed by atoms with Gasteiger partial charge in [-0.2, -0.15) is 13.2 Å². The molecule has 0 spiro atoms. The van der Waals surface area contributed by atoms with Crippen LogP contribution in [-0.4, -0.2) is 16.1 Å². The summed E-state index contributed by atoms with van der Waals surface area (Å²) in [7, 11) is -2.33. The molecule has 0 heterocycles. The maximum atomic E-state index is 14.0. The van der Waals surface area contributed by atoms with E-state index in [-0.39, 0.29) is 16.0 Å². The second-order valence-electron chi connectivity index (χ2n) is 4.71. The highest BCUT2D eigenvalue weighted by molar-refractivity contribution is 7.85. The Morgan fingerprint density at radius 2 is 1.64 bits per heavy atom. The number of benzene rings is 2. The Labute approximate surface area is 126 Å². The van der Waals surface area contributed by atoms with E-state index >= 15 is 0 Å². The lowest BCUT2D eigenvalue weighted by molar-refractivity contribution is -0.105. The quantitative estimate of drug-likeness (QED) is 0.749. The van der Waals surface area contributed by atoms with Gasteiger partial charge < -0.3 is 0 Å². The highest BCUT2D eigenvalue weighted by atomic mass is 32.2. The van der Waals surface area contributed by atoms with Gasteiger partial charge in [-0.15, -0.1) is 0 Å². The van der Waals surface area contributed by atoms with Gasteiger partial charge in [0.25, 0.3) is 0 Å². The lowest BCUT2D eigenvalue weighted by atomic mass is 10.0. The molecule has 1 atom stereocenters. The van der Waals surface area contributed by atoms with Gasteiger partial charge >= 0.3 is 6.18 Å². The summed E-state index contributed by atoms with van der Waals surface area (Å²) in [5.74, 6) is -2.68. The Balaban J connectivity index is 2.47. The van der Waals surface area contributed by atoms with E-state index in [0.29, 0.717) is 5.56 Å². The number of halogens is 5. The average molecular weight is 334 g/mol. The number of alkyl halides is 3. The Morgan fingerprint density at radius 3 is 2.18 bits per heavy atom. The van der Waals surface area contributed by atoms with Crippen LogP contribution in [0, 0.1) is 18.6 Å². The van der Waals surface area contributed by atoms with Gasteiger partial charge in [0.05, 0.1) is 10.8 Å². The summed E-state index contributed by atoms with van der Waals surface area (Å²) in [6, 6.07) is 6.99. The SMILES string of the molecule is Cc1cc(F)c(-c2ccc(F)cc2)cc1S(=O)CC(F)(F)F. The number of hydrogen-bond donors (Lipinski definition) is 0. The first-order valence-electron chi connectivity index (χ1n) is 6.18. The van der Waals surface area contributed by atoms with E-state index in [1.807, 2.05) is 0 Å². The second kappa shape index (κ2) is 6.16. The smallest absolute Gasteiger partial charge is 0.254 e. The molecular formula is C15H11F5OS. The molecular weight excluding hydrogens is 323 g/mol. The summed E-state index contributed by atoms with van der Waals surface area (Å²) in [4.78, 5) is -0.0851. The van der Waals surface area contributed by atoms with Crippen molar-refractivity contribution in [3.05, 3.63) is 53.6 Å². The van der Waals surface area contributed by atoms with Crippen molar-refractivity contribution in [1.82, 2.24) is 0 Å². The van der Waals surface area contributed by atoms with Gasteiger partial charge in [0, 0.05) is 10.5 Å². The third kappa shape index (κ3) is 3.91. The minimum absolute atomic E-state index is 0.0175. The molecule has 0 saturated heterocycles. The molecule has 118 valence electrons. The second-order valence-corrected chi connectivity index (χ2v) is 6.13. The van der Waals surface area contributed by atoms with Gasteiger partial charge in [-0.25, -0.2) is 8.78 Å². The Kier molecular flexibility index (Phi) is 4.65. The van der Waals surface area contributed by atoms with Crippen molar-refractivity contribution in [2.45, 2.75) is 18.0 Å². The molecule has 7 heteroatoms. The van der Waals surface area contributed by atoms with Gasteiger partial charge in [0.2, 0.25) is 0 Å². The topological polar surface area (TPSA) is 17.1 Å². The molecule has 0 amide bonds. The van der Waals surface area contributed by atoms with Gasteiger partial charge in [0.1, 0.15) is 17.4 Å². The summed E-state index contributed by atoms with van der Waals surface area (Å²) in [5, 5.41) is 0. The maximum Gasteiger partial charge on any atom is 0.400 e. The van der Waals surface area contributed by atoms with Crippen LogP contribution in [0.1, 0.15) is 5.56 Å². The normalized spacial score (nSPS) is 13.2. The summed E-state index contributed by atoms with van der Waals surface area (Å²) in [6.07, 6.45) is -4.58. The third-order valence-corrected chi connectivity index (χ3v) is 4.48.